The average molecular weight is 375 g/mol. The number of amides is 1. The van der Waals surface area contributed by atoms with Crippen LogP contribution in [-0.2, 0) is 6.18 Å². The summed E-state index contributed by atoms with van der Waals surface area (Å²) in [6.07, 6.45) is -3.15. The van der Waals surface area contributed by atoms with Gasteiger partial charge in [0.25, 0.3) is 5.91 Å². The maximum atomic E-state index is 12.9. The van der Waals surface area contributed by atoms with Crippen molar-refractivity contribution in [2.24, 2.45) is 0 Å². The minimum Gasteiger partial charge on any atom is -0.340 e. The number of aromatic nitrogens is 1. The highest BCUT2D eigenvalue weighted by Gasteiger charge is 2.30. The summed E-state index contributed by atoms with van der Waals surface area (Å²) in [4.78, 5) is 16.2. The van der Waals surface area contributed by atoms with Crippen molar-refractivity contribution in [3.05, 3.63) is 83.8 Å². The first-order chi connectivity index (χ1) is 12.8. The minimum atomic E-state index is -4.44. The lowest BCUT2D eigenvalue weighted by Crippen LogP contribution is -2.12. The number of halogens is 4. The molecule has 1 heterocycles. The molecule has 0 saturated heterocycles. The Labute approximate surface area is 151 Å². The van der Waals surface area contributed by atoms with Gasteiger partial charge in [-0.3, -0.25) is 4.79 Å². The van der Waals surface area contributed by atoms with E-state index in [-0.39, 0.29) is 17.1 Å². The van der Waals surface area contributed by atoms with Crippen molar-refractivity contribution in [3.63, 3.8) is 0 Å². The Morgan fingerprint density at radius 1 is 0.926 bits per heavy atom. The van der Waals surface area contributed by atoms with E-state index in [0.717, 1.165) is 12.1 Å². The van der Waals surface area contributed by atoms with Crippen LogP contribution in [0.5, 0.6) is 0 Å². The van der Waals surface area contributed by atoms with Gasteiger partial charge in [0.15, 0.2) is 0 Å². The number of carbonyl (C=O) groups is 1. The molecule has 3 rings (SSSR count). The fourth-order valence-corrected chi connectivity index (χ4v) is 2.26. The molecule has 0 saturated carbocycles. The molecule has 3 aromatic rings. The molecule has 1 aromatic heterocycles. The smallest absolute Gasteiger partial charge is 0.340 e. The molecule has 1 amide bonds. The van der Waals surface area contributed by atoms with Crippen molar-refractivity contribution in [3.8, 4) is 0 Å². The van der Waals surface area contributed by atoms with Gasteiger partial charge in [-0.25, -0.2) is 9.37 Å². The van der Waals surface area contributed by atoms with Crippen LogP contribution in [-0.4, -0.2) is 10.9 Å². The van der Waals surface area contributed by atoms with E-state index in [0.29, 0.717) is 5.69 Å². The van der Waals surface area contributed by atoms with E-state index in [9.17, 15) is 22.4 Å². The first-order valence-electron chi connectivity index (χ1n) is 7.78. The Balaban J connectivity index is 1.68. The third-order valence-corrected chi connectivity index (χ3v) is 3.59. The maximum absolute atomic E-state index is 12.9. The minimum absolute atomic E-state index is 0.223. The van der Waals surface area contributed by atoms with Crippen LogP contribution < -0.4 is 10.6 Å². The van der Waals surface area contributed by atoms with E-state index < -0.39 is 23.5 Å². The van der Waals surface area contributed by atoms with E-state index >= 15 is 0 Å². The van der Waals surface area contributed by atoms with Crippen LogP contribution in [0, 0.1) is 5.82 Å². The second kappa shape index (κ2) is 7.45. The molecule has 4 nitrogen and oxygen atoms in total. The number of alkyl halides is 3. The highest BCUT2D eigenvalue weighted by Crippen LogP contribution is 2.31. The van der Waals surface area contributed by atoms with E-state index in [1.807, 2.05) is 0 Å². The van der Waals surface area contributed by atoms with Crippen molar-refractivity contribution in [1.29, 1.82) is 0 Å². The van der Waals surface area contributed by atoms with E-state index in [1.165, 1.54) is 54.7 Å². The first kappa shape index (κ1) is 18.4. The van der Waals surface area contributed by atoms with Crippen molar-refractivity contribution >= 4 is 23.1 Å². The van der Waals surface area contributed by atoms with Crippen LogP contribution in [0.15, 0.2) is 66.9 Å². The largest absolute Gasteiger partial charge is 0.416 e. The predicted molar refractivity (Wildman–Crippen MR) is 93.3 cm³/mol. The van der Waals surface area contributed by atoms with E-state index in [2.05, 4.69) is 15.6 Å². The fourth-order valence-electron chi connectivity index (χ4n) is 2.26. The van der Waals surface area contributed by atoms with Gasteiger partial charge in [-0.2, -0.15) is 13.2 Å². The molecule has 0 atom stereocenters. The third kappa shape index (κ3) is 4.81. The summed E-state index contributed by atoms with van der Waals surface area (Å²) in [7, 11) is 0. The Morgan fingerprint density at radius 3 is 2.30 bits per heavy atom. The monoisotopic (exact) mass is 375 g/mol. The molecule has 8 heteroatoms. The van der Waals surface area contributed by atoms with Gasteiger partial charge in [-0.1, -0.05) is 6.07 Å². The molecule has 0 radical (unpaired) electrons. The normalized spacial score (nSPS) is 11.1. The third-order valence-electron chi connectivity index (χ3n) is 3.59. The van der Waals surface area contributed by atoms with Gasteiger partial charge in [0, 0.05) is 17.6 Å². The lowest BCUT2D eigenvalue weighted by molar-refractivity contribution is -0.137. The lowest BCUT2D eigenvalue weighted by atomic mass is 10.2. The SMILES string of the molecule is O=C(Nc1ccc(F)cc1)c1ccc(Nc2cccc(C(F)(F)F)c2)nc1. The summed E-state index contributed by atoms with van der Waals surface area (Å²) in [6, 6.07) is 12.9. The van der Waals surface area contributed by atoms with Crippen LogP contribution in [0.2, 0.25) is 0 Å². The van der Waals surface area contributed by atoms with Gasteiger partial charge in [-0.15, -0.1) is 0 Å². The van der Waals surface area contributed by atoms with Gasteiger partial charge in [0.05, 0.1) is 11.1 Å². The van der Waals surface area contributed by atoms with Crippen LogP contribution in [0.3, 0.4) is 0 Å². The Kier molecular flexibility index (Phi) is 5.07. The molecular weight excluding hydrogens is 362 g/mol. The first-order valence-corrected chi connectivity index (χ1v) is 7.78. The van der Waals surface area contributed by atoms with Crippen molar-refractivity contribution < 1.29 is 22.4 Å². The number of anilines is 3. The van der Waals surface area contributed by atoms with Crippen molar-refractivity contribution in [2.45, 2.75) is 6.18 Å². The molecule has 0 fully saturated rings. The number of rotatable bonds is 4. The van der Waals surface area contributed by atoms with Crippen LogP contribution in [0.1, 0.15) is 15.9 Å². The lowest BCUT2D eigenvalue weighted by Gasteiger charge is -2.10. The second-order valence-electron chi connectivity index (χ2n) is 5.60. The predicted octanol–water partition coefficient (Wildman–Crippen LogP) is 5.24. The van der Waals surface area contributed by atoms with Gasteiger partial charge in [-0.05, 0) is 54.6 Å². The van der Waals surface area contributed by atoms with Crippen molar-refractivity contribution in [2.75, 3.05) is 10.6 Å². The average Bonchev–Trinajstić information content (AvgIpc) is 2.64. The maximum Gasteiger partial charge on any atom is 0.416 e. The molecule has 27 heavy (non-hydrogen) atoms. The number of nitrogens with zero attached hydrogens (tertiary/aromatic N) is 1. The Bertz CT molecular complexity index is 938. The zero-order chi connectivity index (χ0) is 19.4. The highest BCUT2D eigenvalue weighted by atomic mass is 19.4. The molecule has 2 aromatic carbocycles. The zero-order valence-electron chi connectivity index (χ0n) is 13.7. The number of benzene rings is 2. The summed E-state index contributed by atoms with van der Waals surface area (Å²) in [5.74, 6) is -0.577. The van der Waals surface area contributed by atoms with Crippen LogP contribution in [0.4, 0.5) is 34.8 Å². The molecular formula is C19H13F4N3O. The zero-order valence-corrected chi connectivity index (χ0v) is 13.7. The summed E-state index contributed by atoms with van der Waals surface area (Å²) >= 11 is 0. The van der Waals surface area contributed by atoms with Gasteiger partial charge < -0.3 is 10.6 Å². The highest BCUT2D eigenvalue weighted by molar-refractivity contribution is 6.04. The second-order valence-corrected chi connectivity index (χ2v) is 5.60. The molecule has 0 aliphatic carbocycles. The summed E-state index contributed by atoms with van der Waals surface area (Å²) in [6.45, 7) is 0. The number of hydrogen-bond donors (Lipinski definition) is 2. The summed E-state index contributed by atoms with van der Waals surface area (Å²) < 4.78 is 51.1. The number of carbonyl (C=O) groups excluding carboxylic acids is 1. The standard InChI is InChI=1S/C19H13F4N3O/c20-14-5-7-15(8-6-14)26-18(27)12-4-9-17(24-11-12)25-16-3-1-2-13(10-16)19(21,22)23/h1-11H,(H,24,25)(H,26,27). The van der Waals surface area contributed by atoms with E-state index in [4.69, 9.17) is 0 Å². The molecule has 0 unspecified atom stereocenters. The van der Waals surface area contributed by atoms with E-state index in [1.54, 1.807) is 0 Å². The van der Waals surface area contributed by atoms with Crippen molar-refractivity contribution in [1.82, 2.24) is 4.98 Å². The summed E-state index contributed by atoms with van der Waals surface area (Å²) in [5, 5.41) is 5.34. The number of hydrogen-bond acceptors (Lipinski definition) is 3. The van der Waals surface area contributed by atoms with Gasteiger partial charge >= 0.3 is 6.18 Å². The molecule has 0 bridgehead atoms. The topological polar surface area (TPSA) is 54.0 Å². The molecule has 2 N–H and O–H groups in total. The molecule has 0 aliphatic rings. The quantitative estimate of drug-likeness (QED) is 0.614. The number of nitrogens with one attached hydrogen (secondary N) is 2. The number of pyridine rings is 1. The molecule has 0 spiro atoms. The summed E-state index contributed by atoms with van der Waals surface area (Å²) in [5.41, 5.74) is 0.116. The Hall–Kier alpha value is -3.42. The fraction of sp³-hybridized carbons (Fsp3) is 0.0526. The van der Waals surface area contributed by atoms with Gasteiger partial charge in [0.2, 0.25) is 0 Å². The van der Waals surface area contributed by atoms with Crippen LogP contribution >= 0.6 is 0 Å². The molecule has 0 aliphatic heterocycles. The van der Waals surface area contributed by atoms with Crippen LogP contribution in [0.25, 0.3) is 0 Å². The van der Waals surface area contributed by atoms with Gasteiger partial charge in [0.1, 0.15) is 11.6 Å². The molecule has 138 valence electrons. The Morgan fingerprint density at radius 2 is 1.67 bits per heavy atom.